The van der Waals surface area contributed by atoms with Gasteiger partial charge in [-0.05, 0) is 30.7 Å². The van der Waals surface area contributed by atoms with Crippen molar-refractivity contribution < 1.29 is 4.79 Å². The lowest BCUT2D eigenvalue weighted by atomic mass is 9.97. The molecule has 0 aliphatic carbocycles. The zero-order valence-electron chi connectivity index (χ0n) is 13.9. The average Bonchev–Trinajstić information content (AvgIpc) is 3.31. The van der Waals surface area contributed by atoms with E-state index in [1.54, 1.807) is 11.3 Å². The summed E-state index contributed by atoms with van der Waals surface area (Å²) in [5.41, 5.74) is 1.04. The first kappa shape index (κ1) is 16.0. The summed E-state index contributed by atoms with van der Waals surface area (Å²) >= 11 is 1.72. The molecule has 3 aromatic rings. The molecule has 5 nitrogen and oxygen atoms in total. The van der Waals surface area contributed by atoms with Gasteiger partial charge in [-0.25, -0.2) is 0 Å². The van der Waals surface area contributed by atoms with Crippen LogP contribution in [0, 0.1) is 0 Å². The number of hydrogen-bond donors (Lipinski definition) is 1. The first-order chi connectivity index (χ1) is 12.3. The van der Waals surface area contributed by atoms with Crippen LogP contribution in [0.3, 0.4) is 0 Å². The molecule has 4 rings (SSSR count). The second-order valence-electron chi connectivity index (χ2n) is 6.21. The normalized spacial score (nSPS) is 16.4. The fourth-order valence-corrected chi connectivity index (χ4v) is 4.02. The van der Waals surface area contributed by atoms with E-state index in [1.165, 1.54) is 4.88 Å². The minimum Gasteiger partial charge on any atom is -0.355 e. The third-order valence-electron chi connectivity index (χ3n) is 4.56. The third-order valence-corrected chi connectivity index (χ3v) is 5.50. The molecule has 6 heteroatoms. The number of aromatic nitrogens is 3. The summed E-state index contributed by atoms with van der Waals surface area (Å²) in [7, 11) is 0. The van der Waals surface area contributed by atoms with Gasteiger partial charge >= 0.3 is 0 Å². The van der Waals surface area contributed by atoms with Crippen molar-refractivity contribution in [3.63, 3.8) is 0 Å². The van der Waals surface area contributed by atoms with Crippen LogP contribution in [0.25, 0.3) is 11.4 Å². The van der Waals surface area contributed by atoms with E-state index in [4.69, 9.17) is 0 Å². The van der Waals surface area contributed by atoms with Crippen molar-refractivity contribution in [3.05, 3.63) is 58.5 Å². The predicted molar refractivity (Wildman–Crippen MR) is 98.5 cm³/mol. The SMILES string of the molecule is O=C(NCCc1cccs1)C1CCCn2c(-c3ccccc3)nnc21. The molecular formula is C19H20N4OS. The molecule has 25 heavy (non-hydrogen) atoms. The molecule has 0 saturated carbocycles. The largest absolute Gasteiger partial charge is 0.355 e. The minimum absolute atomic E-state index is 0.0597. The predicted octanol–water partition coefficient (Wildman–Crippen LogP) is 3.24. The molecule has 1 aliphatic heterocycles. The van der Waals surface area contributed by atoms with Gasteiger partial charge in [-0.1, -0.05) is 36.4 Å². The number of rotatable bonds is 5. The Kier molecular flexibility index (Phi) is 4.61. The summed E-state index contributed by atoms with van der Waals surface area (Å²) in [5, 5.41) is 13.8. The number of carbonyl (C=O) groups is 1. The van der Waals surface area contributed by atoms with Gasteiger partial charge in [0.1, 0.15) is 5.82 Å². The number of amides is 1. The fraction of sp³-hybridized carbons (Fsp3) is 0.316. The summed E-state index contributed by atoms with van der Waals surface area (Å²) in [5.74, 6) is 1.50. The number of nitrogens with zero attached hydrogens (tertiary/aromatic N) is 3. The first-order valence-electron chi connectivity index (χ1n) is 8.61. The molecule has 1 unspecified atom stereocenters. The van der Waals surface area contributed by atoms with Crippen molar-refractivity contribution in [2.75, 3.05) is 6.54 Å². The monoisotopic (exact) mass is 352 g/mol. The zero-order chi connectivity index (χ0) is 17.1. The standard InChI is InChI=1S/C19H20N4OS/c24-19(20-11-10-15-8-5-13-25-15)16-9-4-12-23-17(21-22-18(16)23)14-6-2-1-3-7-14/h1-3,5-8,13,16H,4,9-12H2,(H,20,24). The Bertz CT molecular complexity index is 842. The van der Waals surface area contributed by atoms with Gasteiger partial charge < -0.3 is 9.88 Å². The Morgan fingerprint density at radius 1 is 1.20 bits per heavy atom. The lowest BCUT2D eigenvalue weighted by Crippen LogP contribution is -2.34. The quantitative estimate of drug-likeness (QED) is 0.767. The number of carbonyl (C=O) groups excluding carboxylic acids is 1. The third kappa shape index (κ3) is 3.35. The second kappa shape index (κ2) is 7.19. The van der Waals surface area contributed by atoms with Crippen molar-refractivity contribution >= 4 is 17.2 Å². The van der Waals surface area contributed by atoms with Crippen molar-refractivity contribution in [3.8, 4) is 11.4 Å². The number of hydrogen-bond acceptors (Lipinski definition) is 4. The summed E-state index contributed by atoms with van der Waals surface area (Å²) < 4.78 is 2.10. The molecule has 1 aliphatic rings. The second-order valence-corrected chi connectivity index (χ2v) is 7.25. The highest BCUT2D eigenvalue weighted by Gasteiger charge is 2.30. The Hall–Kier alpha value is -2.47. The zero-order valence-corrected chi connectivity index (χ0v) is 14.7. The molecule has 3 heterocycles. The van der Waals surface area contributed by atoms with Crippen molar-refractivity contribution in [1.29, 1.82) is 0 Å². The Morgan fingerprint density at radius 2 is 2.08 bits per heavy atom. The van der Waals surface area contributed by atoms with Crippen LogP contribution in [0.1, 0.15) is 29.5 Å². The molecule has 0 spiro atoms. The fourth-order valence-electron chi connectivity index (χ4n) is 3.31. The van der Waals surface area contributed by atoms with Gasteiger partial charge in [-0.3, -0.25) is 4.79 Å². The van der Waals surface area contributed by atoms with Crippen molar-refractivity contribution in [1.82, 2.24) is 20.1 Å². The van der Waals surface area contributed by atoms with E-state index >= 15 is 0 Å². The topological polar surface area (TPSA) is 59.8 Å². The van der Waals surface area contributed by atoms with Gasteiger partial charge in [-0.2, -0.15) is 0 Å². The molecule has 2 aromatic heterocycles. The molecule has 0 saturated heterocycles. The van der Waals surface area contributed by atoms with Gasteiger partial charge in [0.15, 0.2) is 5.82 Å². The molecule has 1 aromatic carbocycles. The lowest BCUT2D eigenvalue weighted by molar-refractivity contribution is -0.123. The minimum atomic E-state index is -0.206. The highest BCUT2D eigenvalue weighted by molar-refractivity contribution is 7.09. The van der Waals surface area contributed by atoms with E-state index in [0.29, 0.717) is 6.54 Å². The maximum Gasteiger partial charge on any atom is 0.230 e. The molecule has 1 N–H and O–H groups in total. The smallest absolute Gasteiger partial charge is 0.230 e. The van der Waals surface area contributed by atoms with Crippen LogP contribution in [-0.4, -0.2) is 27.2 Å². The van der Waals surface area contributed by atoms with Crippen LogP contribution in [0.4, 0.5) is 0 Å². The molecule has 1 atom stereocenters. The summed E-state index contributed by atoms with van der Waals surface area (Å²) in [6.45, 7) is 1.53. The van der Waals surface area contributed by atoms with Gasteiger partial charge in [-0.15, -0.1) is 21.5 Å². The van der Waals surface area contributed by atoms with Gasteiger partial charge in [0.25, 0.3) is 0 Å². The number of benzene rings is 1. The van der Waals surface area contributed by atoms with Crippen LogP contribution in [-0.2, 0) is 17.8 Å². The van der Waals surface area contributed by atoms with E-state index < -0.39 is 0 Å². The Balaban J connectivity index is 1.48. The summed E-state index contributed by atoms with van der Waals surface area (Å²) in [6, 6.07) is 14.2. The molecule has 1 amide bonds. The van der Waals surface area contributed by atoms with E-state index in [2.05, 4.69) is 31.5 Å². The summed E-state index contributed by atoms with van der Waals surface area (Å²) in [6.07, 6.45) is 2.67. The van der Waals surface area contributed by atoms with E-state index in [0.717, 1.165) is 43.0 Å². The van der Waals surface area contributed by atoms with Gasteiger partial charge in [0, 0.05) is 23.5 Å². The molecule has 0 radical (unpaired) electrons. The average molecular weight is 352 g/mol. The number of fused-ring (bicyclic) bond motifs is 1. The molecule has 128 valence electrons. The van der Waals surface area contributed by atoms with E-state index in [1.807, 2.05) is 36.4 Å². The molecule has 0 bridgehead atoms. The van der Waals surface area contributed by atoms with Crippen molar-refractivity contribution in [2.24, 2.45) is 0 Å². The number of nitrogens with one attached hydrogen (secondary N) is 1. The van der Waals surface area contributed by atoms with Crippen LogP contribution < -0.4 is 5.32 Å². The van der Waals surface area contributed by atoms with E-state index in [9.17, 15) is 4.79 Å². The molecular weight excluding hydrogens is 332 g/mol. The Labute approximate surface area is 150 Å². The molecule has 0 fully saturated rings. The number of thiophene rings is 1. The maximum atomic E-state index is 12.6. The Morgan fingerprint density at radius 3 is 2.88 bits per heavy atom. The van der Waals surface area contributed by atoms with Crippen LogP contribution in [0.15, 0.2) is 47.8 Å². The van der Waals surface area contributed by atoms with Gasteiger partial charge in [0.2, 0.25) is 5.91 Å². The summed E-state index contributed by atoms with van der Waals surface area (Å²) in [4.78, 5) is 13.9. The van der Waals surface area contributed by atoms with Crippen LogP contribution >= 0.6 is 11.3 Å². The highest BCUT2D eigenvalue weighted by atomic mass is 32.1. The lowest BCUT2D eigenvalue weighted by Gasteiger charge is -2.23. The first-order valence-corrected chi connectivity index (χ1v) is 9.49. The highest BCUT2D eigenvalue weighted by Crippen LogP contribution is 2.30. The van der Waals surface area contributed by atoms with Crippen LogP contribution in [0.2, 0.25) is 0 Å². The van der Waals surface area contributed by atoms with E-state index in [-0.39, 0.29) is 11.8 Å². The van der Waals surface area contributed by atoms with Crippen molar-refractivity contribution in [2.45, 2.75) is 31.7 Å². The van der Waals surface area contributed by atoms with Gasteiger partial charge in [0.05, 0.1) is 5.92 Å². The van der Waals surface area contributed by atoms with Crippen LogP contribution in [0.5, 0.6) is 0 Å². The maximum absolute atomic E-state index is 12.6.